The molecule has 0 saturated carbocycles. The summed E-state index contributed by atoms with van der Waals surface area (Å²) >= 11 is 0. The molecule has 1 saturated heterocycles. The third kappa shape index (κ3) is 4.97. The molecule has 0 radical (unpaired) electrons. The Morgan fingerprint density at radius 2 is 1.76 bits per heavy atom. The van der Waals surface area contributed by atoms with Crippen molar-refractivity contribution in [3.05, 3.63) is 59.0 Å². The summed E-state index contributed by atoms with van der Waals surface area (Å²) in [5.74, 6) is 0.458. The van der Waals surface area contributed by atoms with Crippen molar-refractivity contribution in [2.24, 2.45) is 0 Å². The number of hydrogen-bond donors (Lipinski definition) is 1. The summed E-state index contributed by atoms with van der Waals surface area (Å²) in [6.07, 6.45) is 0. The van der Waals surface area contributed by atoms with Crippen LogP contribution in [0.4, 0.5) is 5.69 Å². The Kier molecular flexibility index (Phi) is 6.72. The first-order valence-electron chi connectivity index (χ1n) is 11.2. The SMILES string of the molecule is Cc1nc(-c2ccc(C)c(S(=O)(=O)NCC(=O)N3CCN(c4cccc(C)c4C)CC3)c2)no1. The summed E-state index contributed by atoms with van der Waals surface area (Å²) < 4.78 is 33.4. The second-order valence-electron chi connectivity index (χ2n) is 8.53. The average Bonchev–Trinajstić information content (AvgIpc) is 3.26. The Balaban J connectivity index is 1.39. The molecule has 10 heteroatoms. The molecule has 0 spiro atoms. The molecule has 0 atom stereocenters. The maximum absolute atomic E-state index is 13.0. The van der Waals surface area contributed by atoms with Gasteiger partial charge in [0.15, 0.2) is 0 Å². The highest BCUT2D eigenvalue weighted by molar-refractivity contribution is 7.89. The van der Waals surface area contributed by atoms with E-state index in [1.165, 1.54) is 22.9 Å². The van der Waals surface area contributed by atoms with Crippen LogP contribution in [0.3, 0.4) is 0 Å². The Morgan fingerprint density at radius 3 is 2.44 bits per heavy atom. The van der Waals surface area contributed by atoms with Crippen LogP contribution in [0.15, 0.2) is 45.8 Å². The van der Waals surface area contributed by atoms with Crippen molar-refractivity contribution in [3.63, 3.8) is 0 Å². The molecule has 3 aromatic rings. The lowest BCUT2D eigenvalue weighted by Crippen LogP contribution is -2.51. The van der Waals surface area contributed by atoms with Crippen LogP contribution >= 0.6 is 0 Å². The fourth-order valence-electron chi connectivity index (χ4n) is 4.07. The number of anilines is 1. The van der Waals surface area contributed by atoms with Crippen LogP contribution in [0.5, 0.6) is 0 Å². The lowest BCUT2D eigenvalue weighted by Gasteiger charge is -2.37. The third-order valence-electron chi connectivity index (χ3n) is 6.23. The normalized spacial score (nSPS) is 14.5. The minimum Gasteiger partial charge on any atom is -0.368 e. The largest absolute Gasteiger partial charge is 0.368 e. The zero-order chi connectivity index (χ0) is 24.5. The molecule has 0 aliphatic carbocycles. The number of sulfonamides is 1. The Morgan fingerprint density at radius 1 is 1.03 bits per heavy atom. The van der Waals surface area contributed by atoms with Crippen molar-refractivity contribution in [1.29, 1.82) is 0 Å². The van der Waals surface area contributed by atoms with Crippen LogP contribution in [-0.4, -0.2) is 62.1 Å². The zero-order valence-corrected chi connectivity index (χ0v) is 20.6. The monoisotopic (exact) mass is 483 g/mol. The van der Waals surface area contributed by atoms with Crippen LogP contribution in [0, 0.1) is 27.7 Å². The Hall–Kier alpha value is -3.24. The number of amides is 1. The molecule has 2 aromatic carbocycles. The number of hydrogen-bond acceptors (Lipinski definition) is 7. The summed E-state index contributed by atoms with van der Waals surface area (Å²) in [5.41, 5.74) is 4.74. The van der Waals surface area contributed by atoms with E-state index < -0.39 is 10.0 Å². The maximum atomic E-state index is 13.0. The first-order chi connectivity index (χ1) is 16.2. The van der Waals surface area contributed by atoms with Crippen molar-refractivity contribution in [2.45, 2.75) is 32.6 Å². The van der Waals surface area contributed by atoms with Crippen molar-refractivity contribution in [2.75, 3.05) is 37.6 Å². The van der Waals surface area contributed by atoms with Gasteiger partial charge in [-0.3, -0.25) is 4.79 Å². The van der Waals surface area contributed by atoms with Gasteiger partial charge in [0.25, 0.3) is 0 Å². The first-order valence-corrected chi connectivity index (χ1v) is 12.6. The average molecular weight is 484 g/mol. The Bertz CT molecular complexity index is 1310. The van der Waals surface area contributed by atoms with Gasteiger partial charge in [0.2, 0.25) is 27.6 Å². The van der Waals surface area contributed by atoms with Gasteiger partial charge >= 0.3 is 0 Å². The predicted octanol–water partition coefficient (Wildman–Crippen LogP) is 2.60. The van der Waals surface area contributed by atoms with Crippen LogP contribution < -0.4 is 9.62 Å². The number of carbonyl (C=O) groups excluding carboxylic acids is 1. The van der Waals surface area contributed by atoms with Gasteiger partial charge in [-0.1, -0.05) is 29.4 Å². The molecule has 34 heavy (non-hydrogen) atoms. The summed E-state index contributed by atoms with van der Waals surface area (Å²) in [6.45, 7) is 9.75. The second-order valence-corrected chi connectivity index (χ2v) is 10.3. The molecule has 2 heterocycles. The highest BCUT2D eigenvalue weighted by Crippen LogP contribution is 2.25. The molecule has 180 valence electrons. The molecular formula is C24H29N5O4S. The zero-order valence-electron chi connectivity index (χ0n) is 19.8. The highest BCUT2D eigenvalue weighted by atomic mass is 32.2. The quantitative estimate of drug-likeness (QED) is 0.574. The molecule has 0 bridgehead atoms. The fourth-order valence-corrected chi connectivity index (χ4v) is 5.31. The number of piperazine rings is 1. The van der Waals surface area contributed by atoms with E-state index in [1.807, 2.05) is 6.07 Å². The van der Waals surface area contributed by atoms with Gasteiger partial charge in [-0.05, 0) is 49.6 Å². The summed E-state index contributed by atoms with van der Waals surface area (Å²) in [5, 5.41) is 3.85. The van der Waals surface area contributed by atoms with Crippen molar-refractivity contribution in [3.8, 4) is 11.4 Å². The molecule has 1 aliphatic rings. The number of rotatable bonds is 6. The molecule has 1 aromatic heterocycles. The molecule has 1 aliphatic heterocycles. The van der Waals surface area contributed by atoms with E-state index >= 15 is 0 Å². The summed E-state index contributed by atoms with van der Waals surface area (Å²) in [6, 6.07) is 11.1. The van der Waals surface area contributed by atoms with Crippen LogP contribution in [0.2, 0.25) is 0 Å². The van der Waals surface area contributed by atoms with Crippen molar-refractivity contribution >= 4 is 21.6 Å². The third-order valence-corrected chi connectivity index (χ3v) is 7.77. The van der Waals surface area contributed by atoms with Gasteiger partial charge in [-0.25, -0.2) is 13.1 Å². The molecule has 1 N–H and O–H groups in total. The number of benzene rings is 2. The van der Waals surface area contributed by atoms with Crippen molar-refractivity contribution in [1.82, 2.24) is 19.8 Å². The van der Waals surface area contributed by atoms with Gasteiger partial charge in [0.05, 0.1) is 11.4 Å². The van der Waals surface area contributed by atoms with Crippen LogP contribution in [-0.2, 0) is 14.8 Å². The topological polar surface area (TPSA) is 109 Å². The minimum absolute atomic E-state index is 0.0833. The standard InChI is InChI=1S/C24H29N5O4S/c1-16-6-5-7-21(18(16)3)28-10-12-29(13-11-28)23(30)15-25-34(31,32)22-14-20(9-8-17(22)2)24-26-19(4)33-27-24/h5-9,14,25H,10-13,15H2,1-4H3. The van der Waals surface area contributed by atoms with Gasteiger partial charge < -0.3 is 14.3 Å². The number of nitrogens with one attached hydrogen (secondary N) is 1. The molecule has 0 unspecified atom stereocenters. The van der Waals surface area contributed by atoms with Crippen LogP contribution in [0.25, 0.3) is 11.4 Å². The molecule has 1 fully saturated rings. The van der Waals surface area contributed by atoms with Gasteiger partial charge in [0.1, 0.15) is 0 Å². The molecular weight excluding hydrogens is 454 g/mol. The van der Waals surface area contributed by atoms with Crippen molar-refractivity contribution < 1.29 is 17.7 Å². The molecule has 1 amide bonds. The van der Waals surface area contributed by atoms with Crippen LogP contribution in [0.1, 0.15) is 22.6 Å². The number of aromatic nitrogens is 2. The van der Waals surface area contributed by atoms with Gasteiger partial charge in [0, 0.05) is 44.4 Å². The lowest BCUT2D eigenvalue weighted by atomic mass is 10.1. The second kappa shape index (κ2) is 9.55. The highest BCUT2D eigenvalue weighted by Gasteiger charge is 2.25. The fraction of sp³-hybridized carbons (Fsp3) is 0.375. The smallest absolute Gasteiger partial charge is 0.241 e. The van der Waals surface area contributed by atoms with Gasteiger partial charge in [-0.15, -0.1) is 0 Å². The number of nitrogens with zero attached hydrogens (tertiary/aromatic N) is 4. The molecule has 4 rings (SSSR count). The van der Waals surface area contributed by atoms with E-state index in [0.29, 0.717) is 49.0 Å². The van der Waals surface area contributed by atoms with E-state index in [9.17, 15) is 13.2 Å². The Labute approximate surface area is 199 Å². The minimum atomic E-state index is -3.91. The summed E-state index contributed by atoms with van der Waals surface area (Å²) in [7, 11) is -3.91. The van der Waals surface area contributed by atoms with E-state index in [4.69, 9.17) is 4.52 Å². The van der Waals surface area contributed by atoms with Gasteiger partial charge in [-0.2, -0.15) is 4.98 Å². The summed E-state index contributed by atoms with van der Waals surface area (Å²) in [4.78, 5) is 21.0. The maximum Gasteiger partial charge on any atom is 0.241 e. The molecule has 9 nitrogen and oxygen atoms in total. The number of aryl methyl sites for hydroxylation is 3. The number of carbonyl (C=O) groups is 1. The van der Waals surface area contributed by atoms with E-state index in [1.54, 1.807) is 30.9 Å². The first kappa shape index (κ1) is 23.9. The van der Waals surface area contributed by atoms with E-state index in [-0.39, 0.29) is 17.3 Å². The predicted molar refractivity (Wildman–Crippen MR) is 129 cm³/mol. The van der Waals surface area contributed by atoms with E-state index in [2.05, 4.69) is 45.7 Å². The lowest BCUT2D eigenvalue weighted by molar-refractivity contribution is -0.130. The van der Waals surface area contributed by atoms with E-state index in [0.717, 1.165) is 0 Å².